The maximum absolute atomic E-state index is 10.7. The van der Waals surface area contributed by atoms with E-state index in [0.717, 1.165) is 6.20 Å². The van der Waals surface area contributed by atoms with Gasteiger partial charge >= 0.3 is 0 Å². The van der Waals surface area contributed by atoms with Crippen LogP contribution in [0, 0.1) is 20.2 Å². The second kappa shape index (κ2) is 3.54. The number of fused-ring (bicyclic) bond motifs is 1. The number of aromatic nitrogens is 1. The molecule has 7 heteroatoms. The van der Waals surface area contributed by atoms with Crippen LogP contribution in [0.2, 0.25) is 0 Å². The lowest BCUT2D eigenvalue weighted by Gasteiger charge is -1.97. The lowest BCUT2D eigenvalue weighted by molar-refractivity contribution is -0.385. The molecule has 1 aromatic heterocycles. The number of para-hydroxylation sites is 1. The Morgan fingerprint density at radius 3 is 2.50 bits per heavy atom. The standard InChI is InChI=1S/C9H5N3O4/c13-11(14)7-4-6-2-1-3-8(12(15)16)9(6)10-5-7/h1-5H. The molecule has 0 atom stereocenters. The van der Waals surface area contributed by atoms with Crippen LogP contribution in [0.3, 0.4) is 0 Å². The quantitative estimate of drug-likeness (QED) is 0.568. The van der Waals surface area contributed by atoms with Gasteiger partial charge in [0.05, 0.1) is 9.85 Å². The number of nitro groups is 2. The first-order valence-corrected chi connectivity index (χ1v) is 4.27. The first-order valence-electron chi connectivity index (χ1n) is 4.27. The summed E-state index contributed by atoms with van der Waals surface area (Å²) in [4.78, 5) is 23.7. The molecule has 80 valence electrons. The summed E-state index contributed by atoms with van der Waals surface area (Å²) in [5.41, 5.74) is -0.196. The Morgan fingerprint density at radius 2 is 1.88 bits per heavy atom. The molecule has 0 fully saturated rings. The number of hydrogen-bond donors (Lipinski definition) is 0. The van der Waals surface area contributed by atoms with Gasteiger partial charge in [-0.05, 0) is 0 Å². The lowest BCUT2D eigenvalue weighted by atomic mass is 10.2. The number of non-ortho nitro benzene ring substituents is 1. The van der Waals surface area contributed by atoms with Crippen molar-refractivity contribution in [2.75, 3.05) is 0 Å². The van der Waals surface area contributed by atoms with Gasteiger partial charge in [-0.1, -0.05) is 12.1 Å². The zero-order valence-electron chi connectivity index (χ0n) is 7.86. The van der Waals surface area contributed by atoms with Gasteiger partial charge in [-0.3, -0.25) is 20.2 Å². The van der Waals surface area contributed by atoms with Crippen molar-refractivity contribution in [1.82, 2.24) is 4.98 Å². The highest BCUT2D eigenvalue weighted by Gasteiger charge is 2.15. The Labute approximate surface area is 88.6 Å². The summed E-state index contributed by atoms with van der Waals surface area (Å²) in [6.45, 7) is 0. The summed E-state index contributed by atoms with van der Waals surface area (Å²) in [5.74, 6) is 0. The first kappa shape index (κ1) is 9.97. The Balaban J connectivity index is 2.73. The van der Waals surface area contributed by atoms with E-state index in [1.54, 1.807) is 6.07 Å². The molecular weight excluding hydrogens is 214 g/mol. The minimum absolute atomic E-state index is 0.151. The maximum atomic E-state index is 10.7. The molecular formula is C9H5N3O4. The normalized spacial score (nSPS) is 10.2. The van der Waals surface area contributed by atoms with Crippen LogP contribution < -0.4 is 0 Å². The molecule has 1 heterocycles. The van der Waals surface area contributed by atoms with Gasteiger partial charge in [0.2, 0.25) is 0 Å². The smallest absolute Gasteiger partial charge is 0.258 e. The van der Waals surface area contributed by atoms with Gasteiger partial charge in [-0.25, -0.2) is 4.98 Å². The van der Waals surface area contributed by atoms with E-state index in [0.29, 0.717) is 5.39 Å². The molecule has 2 aromatic rings. The van der Waals surface area contributed by atoms with Gasteiger partial charge in [0.25, 0.3) is 11.4 Å². The number of nitro benzene ring substituents is 1. The van der Waals surface area contributed by atoms with Crippen molar-refractivity contribution in [2.24, 2.45) is 0 Å². The first-order chi connectivity index (χ1) is 7.59. The largest absolute Gasteiger partial charge is 0.295 e. The third kappa shape index (κ3) is 1.54. The monoisotopic (exact) mass is 219 g/mol. The maximum Gasteiger partial charge on any atom is 0.295 e. The summed E-state index contributed by atoms with van der Waals surface area (Å²) in [6.07, 6.45) is 1.01. The number of hydrogen-bond acceptors (Lipinski definition) is 5. The van der Waals surface area contributed by atoms with Gasteiger partial charge in [-0.2, -0.15) is 0 Å². The summed E-state index contributed by atoms with van der Waals surface area (Å²) in [5, 5.41) is 21.5. The molecule has 0 N–H and O–H groups in total. The zero-order valence-corrected chi connectivity index (χ0v) is 7.86. The number of rotatable bonds is 2. The van der Waals surface area contributed by atoms with Crippen LogP contribution >= 0.6 is 0 Å². The Morgan fingerprint density at radius 1 is 1.12 bits per heavy atom. The average Bonchev–Trinajstić information content (AvgIpc) is 2.27. The molecule has 0 spiro atoms. The summed E-state index contributed by atoms with van der Waals surface area (Å²) < 4.78 is 0. The van der Waals surface area contributed by atoms with Crippen molar-refractivity contribution < 1.29 is 9.85 Å². The molecule has 0 aliphatic carbocycles. The van der Waals surface area contributed by atoms with Gasteiger partial charge in [0, 0.05) is 17.5 Å². The average molecular weight is 219 g/mol. The highest BCUT2D eigenvalue weighted by atomic mass is 16.6. The fraction of sp³-hybridized carbons (Fsp3) is 0. The minimum Gasteiger partial charge on any atom is -0.258 e. The van der Waals surface area contributed by atoms with Crippen LogP contribution in [0.5, 0.6) is 0 Å². The van der Waals surface area contributed by atoms with Crippen LogP contribution in [-0.4, -0.2) is 14.8 Å². The summed E-state index contributed by atoms with van der Waals surface area (Å²) >= 11 is 0. The van der Waals surface area contributed by atoms with E-state index in [2.05, 4.69) is 4.98 Å². The Kier molecular flexibility index (Phi) is 2.20. The van der Waals surface area contributed by atoms with E-state index >= 15 is 0 Å². The summed E-state index contributed by atoms with van der Waals surface area (Å²) in [6, 6.07) is 5.57. The fourth-order valence-corrected chi connectivity index (χ4v) is 1.38. The molecule has 0 amide bonds. The lowest BCUT2D eigenvalue weighted by Crippen LogP contribution is -1.93. The molecule has 0 radical (unpaired) electrons. The number of pyridine rings is 1. The van der Waals surface area contributed by atoms with E-state index in [1.807, 2.05) is 0 Å². The van der Waals surface area contributed by atoms with E-state index in [1.165, 1.54) is 18.2 Å². The van der Waals surface area contributed by atoms with Crippen molar-refractivity contribution >= 4 is 22.3 Å². The second-order valence-corrected chi connectivity index (χ2v) is 3.06. The molecule has 0 saturated heterocycles. The molecule has 0 bridgehead atoms. The SMILES string of the molecule is O=[N+]([O-])c1cnc2c([N+](=O)[O-])cccc2c1. The number of benzene rings is 1. The molecule has 0 unspecified atom stereocenters. The Hall–Kier alpha value is -2.57. The molecule has 0 aliphatic rings. The van der Waals surface area contributed by atoms with Gasteiger partial charge in [-0.15, -0.1) is 0 Å². The van der Waals surface area contributed by atoms with Gasteiger partial charge < -0.3 is 0 Å². The molecule has 7 nitrogen and oxygen atoms in total. The third-order valence-corrected chi connectivity index (χ3v) is 2.08. The predicted molar refractivity (Wildman–Crippen MR) is 55.1 cm³/mol. The topological polar surface area (TPSA) is 99.2 Å². The van der Waals surface area contributed by atoms with Crippen LogP contribution in [0.1, 0.15) is 0 Å². The second-order valence-electron chi connectivity index (χ2n) is 3.06. The van der Waals surface area contributed by atoms with Crippen LogP contribution in [-0.2, 0) is 0 Å². The van der Waals surface area contributed by atoms with Crippen molar-refractivity contribution in [1.29, 1.82) is 0 Å². The van der Waals surface area contributed by atoms with Crippen molar-refractivity contribution in [3.8, 4) is 0 Å². The van der Waals surface area contributed by atoms with E-state index < -0.39 is 9.85 Å². The van der Waals surface area contributed by atoms with Crippen molar-refractivity contribution in [3.05, 3.63) is 50.7 Å². The van der Waals surface area contributed by atoms with Crippen LogP contribution in [0.4, 0.5) is 11.4 Å². The predicted octanol–water partition coefficient (Wildman–Crippen LogP) is 2.05. The van der Waals surface area contributed by atoms with E-state index in [4.69, 9.17) is 0 Å². The van der Waals surface area contributed by atoms with Crippen molar-refractivity contribution in [2.45, 2.75) is 0 Å². The fourth-order valence-electron chi connectivity index (χ4n) is 1.38. The highest BCUT2D eigenvalue weighted by molar-refractivity contribution is 5.88. The molecule has 16 heavy (non-hydrogen) atoms. The highest BCUT2D eigenvalue weighted by Crippen LogP contribution is 2.25. The minimum atomic E-state index is -0.592. The van der Waals surface area contributed by atoms with Crippen LogP contribution in [0.25, 0.3) is 10.9 Å². The zero-order chi connectivity index (χ0) is 11.7. The van der Waals surface area contributed by atoms with Gasteiger partial charge in [0.1, 0.15) is 11.7 Å². The van der Waals surface area contributed by atoms with E-state index in [9.17, 15) is 20.2 Å². The van der Waals surface area contributed by atoms with Gasteiger partial charge in [0.15, 0.2) is 0 Å². The van der Waals surface area contributed by atoms with Crippen LogP contribution in [0.15, 0.2) is 30.5 Å². The molecule has 0 aliphatic heterocycles. The molecule has 1 aromatic carbocycles. The third-order valence-electron chi connectivity index (χ3n) is 2.08. The van der Waals surface area contributed by atoms with Crippen molar-refractivity contribution in [3.63, 3.8) is 0 Å². The molecule has 0 saturated carbocycles. The number of nitrogens with zero attached hydrogens (tertiary/aromatic N) is 3. The van der Waals surface area contributed by atoms with E-state index in [-0.39, 0.29) is 16.9 Å². The Bertz CT molecular complexity index is 596. The molecule has 2 rings (SSSR count). The summed E-state index contributed by atoms with van der Waals surface area (Å²) in [7, 11) is 0.